The maximum atomic E-state index is 12.1. The summed E-state index contributed by atoms with van der Waals surface area (Å²) in [6.45, 7) is 8.78. The number of hydrogen-bond donors (Lipinski definition) is 1. The van der Waals surface area contributed by atoms with Crippen molar-refractivity contribution in [1.29, 1.82) is 0 Å². The van der Waals surface area contributed by atoms with E-state index in [2.05, 4.69) is 27.7 Å². The molecule has 2 atom stereocenters. The Balaban J connectivity index is 3.22. The van der Waals surface area contributed by atoms with Crippen LogP contribution in [0.15, 0.2) is 0 Å². The van der Waals surface area contributed by atoms with Crippen molar-refractivity contribution in [3.05, 3.63) is 0 Å². The molecule has 0 heterocycles. The molecule has 2 heteroatoms. The molecule has 0 radical (unpaired) electrons. The zero-order valence-corrected chi connectivity index (χ0v) is 11.3. The highest BCUT2D eigenvalue weighted by molar-refractivity contribution is 5.82. The highest BCUT2D eigenvalue weighted by atomic mass is 16.1. The minimum Gasteiger partial charge on any atom is -0.369 e. The van der Waals surface area contributed by atoms with Crippen molar-refractivity contribution in [2.75, 3.05) is 0 Å². The van der Waals surface area contributed by atoms with Gasteiger partial charge in [0.2, 0.25) is 5.91 Å². The molecule has 2 N–H and O–H groups in total. The first-order valence-corrected chi connectivity index (χ1v) is 6.70. The fourth-order valence-corrected chi connectivity index (χ4v) is 3.80. The van der Waals surface area contributed by atoms with Crippen molar-refractivity contribution in [3.63, 3.8) is 0 Å². The van der Waals surface area contributed by atoms with E-state index in [1.165, 1.54) is 12.8 Å². The van der Waals surface area contributed by atoms with Crippen LogP contribution < -0.4 is 5.73 Å². The van der Waals surface area contributed by atoms with Crippen LogP contribution in [-0.2, 0) is 4.79 Å². The zero-order valence-electron chi connectivity index (χ0n) is 11.3. The van der Waals surface area contributed by atoms with E-state index < -0.39 is 0 Å². The van der Waals surface area contributed by atoms with Crippen LogP contribution in [0, 0.1) is 16.7 Å². The molecule has 0 saturated heterocycles. The summed E-state index contributed by atoms with van der Waals surface area (Å²) in [6.07, 6.45) is 6.81. The van der Waals surface area contributed by atoms with Crippen molar-refractivity contribution >= 4 is 5.91 Å². The van der Waals surface area contributed by atoms with E-state index in [4.69, 9.17) is 5.73 Å². The highest BCUT2D eigenvalue weighted by Crippen LogP contribution is 2.55. The lowest BCUT2D eigenvalue weighted by atomic mass is 9.55. The van der Waals surface area contributed by atoms with Gasteiger partial charge in [0.25, 0.3) is 0 Å². The van der Waals surface area contributed by atoms with Gasteiger partial charge in [-0.05, 0) is 30.6 Å². The van der Waals surface area contributed by atoms with Gasteiger partial charge in [-0.2, -0.15) is 0 Å². The lowest BCUT2D eigenvalue weighted by molar-refractivity contribution is -0.142. The Morgan fingerprint density at radius 3 is 2.25 bits per heavy atom. The van der Waals surface area contributed by atoms with Crippen molar-refractivity contribution in [2.45, 2.75) is 66.2 Å². The van der Waals surface area contributed by atoms with Crippen LogP contribution in [0.3, 0.4) is 0 Å². The van der Waals surface area contributed by atoms with Crippen LogP contribution in [-0.4, -0.2) is 5.91 Å². The summed E-state index contributed by atoms with van der Waals surface area (Å²) >= 11 is 0. The van der Waals surface area contributed by atoms with Gasteiger partial charge >= 0.3 is 0 Å². The third-order valence-electron chi connectivity index (χ3n) is 5.08. The molecule has 1 fully saturated rings. The fourth-order valence-electron chi connectivity index (χ4n) is 3.80. The molecular weight excluding hydrogens is 198 g/mol. The molecule has 0 aromatic heterocycles. The Hall–Kier alpha value is -0.530. The van der Waals surface area contributed by atoms with Gasteiger partial charge in [-0.25, -0.2) is 0 Å². The van der Waals surface area contributed by atoms with Crippen molar-refractivity contribution < 1.29 is 4.79 Å². The monoisotopic (exact) mass is 225 g/mol. The SMILES string of the molecule is CCC1(C)CCCCCC1(C(N)=O)C(C)C. The topological polar surface area (TPSA) is 43.1 Å². The van der Waals surface area contributed by atoms with Gasteiger partial charge < -0.3 is 5.73 Å². The van der Waals surface area contributed by atoms with Crippen LogP contribution in [0.5, 0.6) is 0 Å². The number of carbonyl (C=O) groups is 1. The van der Waals surface area contributed by atoms with E-state index in [-0.39, 0.29) is 16.7 Å². The average molecular weight is 225 g/mol. The maximum Gasteiger partial charge on any atom is 0.224 e. The summed E-state index contributed by atoms with van der Waals surface area (Å²) in [5, 5.41) is 0. The molecule has 2 unspecified atom stereocenters. The first-order chi connectivity index (χ1) is 7.40. The van der Waals surface area contributed by atoms with E-state index in [1.54, 1.807) is 0 Å². The molecule has 0 spiro atoms. The normalized spacial score (nSPS) is 36.1. The van der Waals surface area contributed by atoms with Crippen LogP contribution in [0.4, 0.5) is 0 Å². The first kappa shape index (κ1) is 13.5. The number of nitrogens with two attached hydrogens (primary N) is 1. The molecular formula is C14H27NO. The minimum absolute atomic E-state index is 0.0752. The van der Waals surface area contributed by atoms with Gasteiger partial charge in [-0.3, -0.25) is 4.79 Å². The molecule has 1 rings (SSSR count). The second kappa shape index (κ2) is 4.77. The summed E-state index contributed by atoms with van der Waals surface area (Å²) in [6, 6.07) is 0. The second-order valence-corrected chi connectivity index (χ2v) is 5.97. The zero-order chi connectivity index (χ0) is 12.4. The highest BCUT2D eigenvalue weighted by Gasteiger charge is 2.53. The predicted octanol–water partition coefficient (Wildman–Crippen LogP) is 3.49. The number of carbonyl (C=O) groups excluding carboxylic acids is 1. The van der Waals surface area contributed by atoms with Gasteiger partial charge in [0, 0.05) is 0 Å². The summed E-state index contributed by atoms with van der Waals surface area (Å²) in [5.41, 5.74) is 5.58. The van der Waals surface area contributed by atoms with Crippen LogP contribution >= 0.6 is 0 Å². The van der Waals surface area contributed by atoms with E-state index in [1.807, 2.05) is 0 Å². The van der Waals surface area contributed by atoms with E-state index in [0.717, 1.165) is 25.7 Å². The third-order valence-corrected chi connectivity index (χ3v) is 5.08. The molecule has 0 aromatic rings. The summed E-state index contributed by atoms with van der Waals surface area (Å²) < 4.78 is 0. The average Bonchev–Trinajstić information content (AvgIpc) is 2.38. The first-order valence-electron chi connectivity index (χ1n) is 6.70. The quantitative estimate of drug-likeness (QED) is 0.734. The van der Waals surface area contributed by atoms with Crippen molar-refractivity contribution in [2.24, 2.45) is 22.5 Å². The Labute approximate surface area is 100.0 Å². The molecule has 1 aliphatic carbocycles. The minimum atomic E-state index is -0.293. The van der Waals surface area contributed by atoms with Crippen molar-refractivity contribution in [3.8, 4) is 0 Å². The molecule has 1 aliphatic rings. The van der Waals surface area contributed by atoms with Crippen molar-refractivity contribution in [1.82, 2.24) is 0 Å². The molecule has 2 nitrogen and oxygen atoms in total. The molecule has 1 saturated carbocycles. The Bertz CT molecular complexity index is 261. The number of hydrogen-bond acceptors (Lipinski definition) is 1. The largest absolute Gasteiger partial charge is 0.369 e. The van der Waals surface area contributed by atoms with Crippen LogP contribution in [0.25, 0.3) is 0 Å². The lowest BCUT2D eigenvalue weighted by Gasteiger charge is -2.48. The Morgan fingerprint density at radius 2 is 1.81 bits per heavy atom. The van der Waals surface area contributed by atoms with E-state index in [9.17, 15) is 4.79 Å². The predicted molar refractivity (Wildman–Crippen MR) is 67.9 cm³/mol. The number of amides is 1. The van der Waals surface area contributed by atoms with Gasteiger partial charge in [0.05, 0.1) is 5.41 Å². The molecule has 16 heavy (non-hydrogen) atoms. The number of primary amides is 1. The molecule has 0 bridgehead atoms. The van der Waals surface area contributed by atoms with Crippen LogP contribution in [0.2, 0.25) is 0 Å². The third kappa shape index (κ3) is 1.87. The van der Waals surface area contributed by atoms with E-state index in [0.29, 0.717) is 5.92 Å². The molecule has 1 amide bonds. The Morgan fingerprint density at radius 1 is 1.25 bits per heavy atom. The van der Waals surface area contributed by atoms with Gasteiger partial charge in [-0.1, -0.05) is 47.0 Å². The maximum absolute atomic E-state index is 12.1. The summed E-state index contributed by atoms with van der Waals surface area (Å²) in [5.74, 6) is 0.266. The Kier molecular flexibility index (Phi) is 4.03. The number of rotatable bonds is 3. The lowest BCUT2D eigenvalue weighted by Crippen LogP contribution is -2.52. The molecule has 94 valence electrons. The van der Waals surface area contributed by atoms with Gasteiger partial charge in [-0.15, -0.1) is 0 Å². The second-order valence-electron chi connectivity index (χ2n) is 5.97. The van der Waals surface area contributed by atoms with Gasteiger partial charge in [0.15, 0.2) is 0 Å². The van der Waals surface area contributed by atoms with Crippen LogP contribution in [0.1, 0.15) is 66.2 Å². The molecule has 0 aromatic carbocycles. The van der Waals surface area contributed by atoms with E-state index >= 15 is 0 Å². The molecule has 0 aliphatic heterocycles. The summed E-state index contributed by atoms with van der Waals surface area (Å²) in [7, 11) is 0. The van der Waals surface area contributed by atoms with Gasteiger partial charge in [0.1, 0.15) is 0 Å². The fraction of sp³-hybridized carbons (Fsp3) is 0.929. The summed E-state index contributed by atoms with van der Waals surface area (Å²) in [4.78, 5) is 12.1. The smallest absolute Gasteiger partial charge is 0.224 e. The standard InChI is InChI=1S/C14H27NO/c1-5-13(4)9-7-6-8-10-14(13,11(2)3)12(15)16/h11H,5-10H2,1-4H3,(H2,15,16).